The fraction of sp³-hybridized carbons (Fsp3) is 0.278. The van der Waals surface area contributed by atoms with E-state index in [-0.39, 0.29) is 26.2 Å². The molecule has 0 unspecified atom stereocenters. The van der Waals surface area contributed by atoms with Crippen LogP contribution in [0.25, 0.3) is 0 Å². The summed E-state index contributed by atoms with van der Waals surface area (Å²) in [6.07, 6.45) is 0. The van der Waals surface area contributed by atoms with Gasteiger partial charge in [-0.25, -0.2) is 0 Å². The summed E-state index contributed by atoms with van der Waals surface area (Å²) < 4.78 is 0. The van der Waals surface area contributed by atoms with Crippen LogP contribution < -0.4 is 0 Å². The van der Waals surface area contributed by atoms with Crippen LogP contribution in [0, 0.1) is 41.5 Å². The molecular formula is C36H46N2O2Zr+. The van der Waals surface area contributed by atoms with Crippen LogP contribution in [-0.2, 0) is 39.3 Å². The third-order valence-corrected chi connectivity index (χ3v) is 6.38. The largest absolute Gasteiger partial charge is 3.00 e. The molecule has 4 rings (SSSR count). The normalized spacial score (nSPS) is 10.2. The monoisotopic (exact) mass is 628 g/mol. The maximum atomic E-state index is 10.5. The summed E-state index contributed by atoms with van der Waals surface area (Å²) in [4.78, 5) is 4.43. The minimum Gasteiger partial charge on any atom is -0.507 e. The van der Waals surface area contributed by atoms with Crippen LogP contribution in [0.5, 0.6) is 11.5 Å². The van der Waals surface area contributed by atoms with Gasteiger partial charge in [0, 0.05) is 37.3 Å². The first-order chi connectivity index (χ1) is 19.0. The molecule has 0 aliphatic rings. The van der Waals surface area contributed by atoms with E-state index in [1.807, 2.05) is 98.8 Å². The molecule has 2 N–H and O–H groups in total. The van der Waals surface area contributed by atoms with Gasteiger partial charge >= 0.3 is 26.2 Å². The van der Waals surface area contributed by atoms with Gasteiger partial charge in [-0.2, -0.15) is 49.2 Å². The molecule has 215 valence electrons. The molecular weight excluding hydrogens is 584 g/mol. The van der Waals surface area contributed by atoms with Crippen LogP contribution in [0.1, 0.15) is 44.5 Å². The van der Waals surface area contributed by atoms with Gasteiger partial charge in [-0.1, -0.05) is 47.5 Å². The number of benzene rings is 4. The van der Waals surface area contributed by atoms with Crippen molar-refractivity contribution in [3.63, 3.8) is 0 Å². The Balaban J connectivity index is 0.000000453. The van der Waals surface area contributed by atoms with E-state index in [4.69, 9.17) is 0 Å². The molecule has 5 heteroatoms. The van der Waals surface area contributed by atoms with Gasteiger partial charge in [-0.15, -0.1) is 24.3 Å². The molecule has 0 bridgehead atoms. The first-order valence-corrected chi connectivity index (χ1v) is 13.7. The van der Waals surface area contributed by atoms with Crippen LogP contribution in [-0.4, -0.2) is 47.2 Å². The van der Waals surface area contributed by atoms with Gasteiger partial charge < -0.3 is 15.1 Å². The van der Waals surface area contributed by atoms with Crippen LogP contribution in [0.15, 0.2) is 84.9 Å². The van der Waals surface area contributed by atoms with E-state index in [9.17, 15) is 10.2 Å². The molecule has 0 aromatic heterocycles. The Morgan fingerprint density at radius 3 is 1.24 bits per heavy atom. The van der Waals surface area contributed by atoms with Gasteiger partial charge in [-0.05, 0) is 52.9 Å². The Kier molecular flexibility index (Phi) is 16.2. The fourth-order valence-corrected chi connectivity index (χ4v) is 4.33. The SMILES string of the molecule is Cc1cc(C)c(O)c(CN(CCN(C)C)Cc2cc(C)cc(C)c2O)c1.[CH2-]c1ccccc1.[CH2-]c1ccccc1.[Zr+3]. The zero-order valence-electron chi connectivity index (χ0n) is 25.6. The summed E-state index contributed by atoms with van der Waals surface area (Å²) in [6.45, 7) is 18.5. The second-order valence-corrected chi connectivity index (χ2v) is 10.7. The molecule has 4 aromatic carbocycles. The van der Waals surface area contributed by atoms with Crippen molar-refractivity contribution in [1.82, 2.24) is 9.80 Å². The fourth-order valence-electron chi connectivity index (χ4n) is 4.33. The smallest absolute Gasteiger partial charge is 0.507 e. The Morgan fingerprint density at radius 2 is 0.951 bits per heavy atom. The van der Waals surface area contributed by atoms with Crippen molar-refractivity contribution in [2.75, 3.05) is 27.2 Å². The van der Waals surface area contributed by atoms with Gasteiger partial charge in [0.2, 0.25) is 0 Å². The number of aryl methyl sites for hydroxylation is 4. The molecule has 41 heavy (non-hydrogen) atoms. The minimum atomic E-state index is 0. The van der Waals surface area contributed by atoms with E-state index in [2.05, 4.69) is 51.6 Å². The summed E-state index contributed by atoms with van der Waals surface area (Å²) in [7, 11) is 4.11. The number of likely N-dealkylation sites (N-methyl/N-ethyl adjacent to an activating group) is 1. The number of hydrogen-bond donors (Lipinski definition) is 2. The molecule has 0 saturated heterocycles. The molecule has 4 nitrogen and oxygen atoms in total. The number of nitrogens with zero attached hydrogens (tertiary/aromatic N) is 2. The number of phenolic OH excluding ortho intramolecular Hbond substituents is 2. The zero-order chi connectivity index (χ0) is 29.7. The van der Waals surface area contributed by atoms with Gasteiger partial charge in [0.05, 0.1) is 0 Å². The molecule has 0 heterocycles. The molecule has 0 aliphatic carbocycles. The van der Waals surface area contributed by atoms with Crippen LogP contribution >= 0.6 is 0 Å². The quantitative estimate of drug-likeness (QED) is 0.207. The van der Waals surface area contributed by atoms with Crippen molar-refractivity contribution in [1.29, 1.82) is 0 Å². The Bertz CT molecular complexity index is 1210. The molecule has 0 spiro atoms. The molecule has 0 fully saturated rings. The second kappa shape index (κ2) is 18.5. The van der Waals surface area contributed by atoms with Crippen LogP contribution in [0.2, 0.25) is 0 Å². The van der Waals surface area contributed by atoms with Crippen molar-refractivity contribution in [2.24, 2.45) is 0 Å². The van der Waals surface area contributed by atoms with Crippen LogP contribution in [0.3, 0.4) is 0 Å². The summed E-state index contributed by atoms with van der Waals surface area (Å²) >= 11 is 0. The van der Waals surface area contributed by atoms with Crippen molar-refractivity contribution < 1.29 is 36.4 Å². The maximum absolute atomic E-state index is 10.5. The predicted octanol–water partition coefficient (Wildman–Crippen LogP) is 7.63. The Labute approximate surface area is 267 Å². The summed E-state index contributed by atoms with van der Waals surface area (Å²) in [6, 6.07) is 27.8. The molecule has 0 aliphatic heterocycles. The van der Waals surface area contributed by atoms with Crippen LogP contribution in [0.4, 0.5) is 0 Å². The first-order valence-electron chi connectivity index (χ1n) is 13.7. The summed E-state index contributed by atoms with van der Waals surface area (Å²) in [5.74, 6) is 0.741. The number of phenols is 2. The molecule has 0 atom stereocenters. The van der Waals surface area contributed by atoms with E-state index in [1.54, 1.807) is 0 Å². The van der Waals surface area contributed by atoms with Gasteiger partial charge in [-0.3, -0.25) is 4.90 Å². The van der Waals surface area contributed by atoms with E-state index >= 15 is 0 Å². The number of rotatable bonds is 7. The Hall–Kier alpha value is -2.98. The van der Waals surface area contributed by atoms with E-state index < -0.39 is 0 Å². The Morgan fingerprint density at radius 1 is 0.585 bits per heavy atom. The molecule has 1 radical (unpaired) electrons. The second-order valence-electron chi connectivity index (χ2n) is 10.7. The maximum Gasteiger partial charge on any atom is 3.00 e. The third-order valence-electron chi connectivity index (χ3n) is 6.38. The third kappa shape index (κ3) is 13.5. The summed E-state index contributed by atoms with van der Waals surface area (Å²) in [5.41, 5.74) is 8.12. The van der Waals surface area contributed by atoms with E-state index in [0.29, 0.717) is 24.6 Å². The number of aromatic hydroxyl groups is 2. The van der Waals surface area contributed by atoms with E-state index in [1.165, 1.54) is 0 Å². The van der Waals surface area contributed by atoms with Gasteiger partial charge in [0.25, 0.3) is 0 Å². The zero-order valence-corrected chi connectivity index (χ0v) is 28.1. The van der Waals surface area contributed by atoms with Crippen molar-refractivity contribution in [3.8, 4) is 11.5 Å². The predicted molar refractivity (Wildman–Crippen MR) is 170 cm³/mol. The standard InChI is InChI=1S/C22H32N2O2.2C7H7.Zr/c1-15-9-17(3)21(25)19(11-15)13-24(8-7-23(5)6)14-20-12-16(2)10-18(4)22(20)26;2*1-7-5-3-2-4-6-7;/h9-12,25-26H,7-8,13-14H2,1-6H3;2*2-6H,1H2;/q;2*-1;+3. The van der Waals surface area contributed by atoms with E-state index in [0.717, 1.165) is 57.6 Å². The molecule has 0 amide bonds. The van der Waals surface area contributed by atoms with Crippen molar-refractivity contribution in [2.45, 2.75) is 40.8 Å². The van der Waals surface area contributed by atoms with Crippen molar-refractivity contribution >= 4 is 0 Å². The first kappa shape index (κ1) is 36.0. The number of hydrogen-bond acceptors (Lipinski definition) is 4. The topological polar surface area (TPSA) is 46.9 Å². The average Bonchev–Trinajstić information content (AvgIpc) is 2.90. The minimum absolute atomic E-state index is 0. The molecule has 4 aromatic rings. The van der Waals surface area contributed by atoms with Crippen molar-refractivity contribution in [3.05, 3.63) is 143 Å². The van der Waals surface area contributed by atoms with Gasteiger partial charge in [0.15, 0.2) is 0 Å². The average molecular weight is 630 g/mol. The van der Waals surface area contributed by atoms with Gasteiger partial charge in [0.1, 0.15) is 11.5 Å². The molecule has 0 saturated carbocycles. The summed E-state index contributed by atoms with van der Waals surface area (Å²) in [5, 5.41) is 20.9.